The van der Waals surface area contributed by atoms with Crippen LogP contribution in [0, 0.1) is 0 Å². The average molecular weight is 361 g/mol. The third kappa shape index (κ3) is 3.74. The zero-order valence-corrected chi connectivity index (χ0v) is 14.1. The monoisotopic (exact) mass is 361 g/mol. The molecule has 1 amide bonds. The van der Waals surface area contributed by atoms with Gasteiger partial charge in [-0.25, -0.2) is 8.42 Å². The number of hydrogen-bond donors (Lipinski definition) is 1. The highest BCUT2D eigenvalue weighted by molar-refractivity contribution is 7.91. The fourth-order valence-corrected chi connectivity index (χ4v) is 3.33. The lowest BCUT2D eigenvalue weighted by Crippen LogP contribution is -2.29. The Hall–Kier alpha value is -3.01. The summed E-state index contributed by atoms with van der Waals surface area (Å²) in [4.78, 5) is 12.3. The van der Waals surface area contributed by atoms with Gasteiger partial charge in [0.25, 0.3) is 5.91 Å². The lowest BCUT2D eigenvalue weighted by Gasteiger charge is -2.07. The molecule has 2 heterocycles. The molecule has 0 fully saturated rings. The van der Waals surface area contributed by atoms with E-state index in [1.807, 2.05) is 0 Å². The Morgan fingerprint density at radius 2 is 1.96 bits per heavy atom. The predicted molar refractivity (Wildman–Crippen MR) is 88.2 cm³/mol. The summed E-state index contributed by atoms with van der Waals surface area (Å²) in [6.07, 6.45) is 1.47. The van der Waals surface area contributed by atoms with Crippen LogP contribution in [-0.2, 0) is 9.84 Å². The van der Waals surface area contributed by atoms with E-state index in [2.05, 4.69) is 20.8 Å². The van der Waals surface area contributed by atoms with Crippen molar-refractivity contribution in [2.24, 2.45) is 0 Å². The summed E-state index contributed by atoms with van der Waals surface area (Å²) in [7, 11) is -1.99. The smallest absolute Gasteiger partial charge is 0.252 e. The zero-order chi connectivity index (χ0) is 17.9. The van der Waals surface area contributed by atoms with Crippen molar-refractivity contribution in [1.82, 2.24) is 25.4 Å². The first-order chi connectivity index (χ1) is 12.0. The molecule has 1 N–H and O–H groups in total. The van der Waals surface area contributed by atoms with Crippen molar-refractivity contribution in [2.45, 2.75) is 4.90 Å². The number of methoxy groups -OCH3 is 1. The molecule has 0 radical (unpaired) electrons. The van der Waals surface area contributed by atoms with Gasteiger partial charge in [0, 0.05) is 12.7 Å². The third-order valence-electron chi connectivity index (χ3n) is 3.53. The van der Waals surface area contributed by atoms with Gasteiger partial charge >= 0.3 is 0 Å². The Balaban J connectivity index is 1.61. The highest BCUT2D eigenvalue weighted by Gasteiger charge is 2.15. The van der Waals surface area contributed by atoms with Crippen LogP contribution in [0.2, 0.25) is 0 Å². The van der Waals surface area contributed by atoms with E-state index < -0.39 is 15.7 Å². The summed E-state index contributed by atoms with van der Waals surface area (Å²) in [5, 5.41) is 13.5. The number of ether oxygens (including phenoxy) is 1. The molecule has 0 bridgehead atoms. The van der Waals surface area contributed by atoms with E-state index in [1.165, 1.54) is 30.0 Å². The summed E-state index contributed by atoms with van der Waals surface area (Å²) in [5.74, 6) is -0.0364. The number of fused-ring (bicyclic) bond motifs is 1. The van der Waals surface area contributed by atoms with Crippen molar-refractivity contribution >= 4 is 21.4 Å². The topological polar surface area (TPSA) is 116 Å². The summed E-state index contributed by atoms with van der Waals surface area (Å²) in [5.41, 5.74) is 0.847. The van der Waals surface area contributed by atoms with Crippen LogP contribution in [0.25, 0.3) is 5.65 Å². The number of tetrazole rings is 1. The van der Waals surface area contributed by atoms with Gasteiger partial charge in [0.05, 0.1) is 23.3 Å². The van der Waals surface area contributed by atoms with E-state index in [0.717, 1.165) is 0 Å². The fraction of sp³-hybridized carbons (Fsp3) is 0.200. The van der Waals surface area contributed by atoms with Crippen LogP contribution in [-0.4, -0.2) is 53.8 Å². The van der Waals surface area contributed by atoms with Gasteiger partial charge in [0.15, 0.2) is 15.5 Å². The minimum atomic E-state index is -3.50. The number of nitrogens with one attached hydrogen (secondary N) is 1. The highest BCUT2D eigenvalue weighted by Crippen LogP contribution is 2.16. The second-order valence-corrected chi connectivity index (χ2v) is 7.26. The quantitative estimate of drug-likeness (QED) is 0.673. The van der Waals surface area contributed by atoms with Gasteiger partial charge in [-0.2, -0.15) is 4.52 Å². The minimum Gasteiger partial charge on any atom is -0.497 e. The first-order valence-electron chi connectivity index (χ1n) is 7.32. The molecule has 9 nitrogen and oxygen atoms in total. The second kappa shape index (κ2) is 6.85. The van der Waals surface area contributed by atoms with Crippen molar-refractivity contribution in [3.8, 4) is 5.75 Å². The molecule has 0 aliphatic heterocycles. The lowest BCUT2D eigenvalue weighted by molar-refractivity contribution is 0.0955. The maximum absolute atomic E-state index is 12.3. The molecule has 0 spiro atoms. The van der Waals surface area contributed by atoms with Crippen LogP contribution in [0.1, 0.15) is 10.4 Å². The number of amides is 1. The molecule has 0 saturated carbocycles. The molecule has 0 atom stereocenters. The van der Waals surface area contributed by atoms with Gasteiger partial charge in [-0.3, -0.25) is 4.79 Å². The van der Waals surface area contributed by atoms with E-state index in [-0.39, 0.29) is 17.2 Å². The Bertz CT molecular complexity index is 998. The van der Waals surface area contributed by atoms with Gasteiger partial charge in [0.1, 0.15) is 5.75 Å². The number of sulfone groups is 1. The van der Waals surface area contributed by atoms with Gasteiger partial charge in [0.2, 0.25) is 0 Å². The van der Waals surface area contributed by atoms with Crippen molar-refractivity contribution in [3.63, 3.8) is 0 Å². The van der Waals surface area contributed by atoms with Gasteiger partial charge < -0.3 is 10.1 Å². The molecule has 25 heavy (non-hydrogen) atoms. The Kier molecular flexibility index (Phi) is 4.61. The van der Waals surface area contributed by atoms with Crippen molar-refractivity contribution in [2.75, 3.05) is 19.4 Å². The SMILES string of the molecule is COc1ccc(S(=O)(=O)CCNC(=O)c2ccc3nnnn3c2)cc1. The molecule has 3 aromatic rings. The number of carbonyl (C=O) groups is 1. The number of carbonyl (C=O) groups excluding carboxylic acids is 1. The maximum atomic E-state index is 12.3. The van der Waals surface area contributed by atoms with Crippen molar-refractivity contribution in [1.29, 1.82) is 0 Å². The largest absolute Gasteiger partial charge is 0.497 e. The van der Waals surface area contributed by atoms with Crippen molar-refractivity contribution in [3.05, 3.63) is 48.2 Å². The van der Waals surface area contributed by atoms with Crippen LogP contribution < -0.4 is 10.1 Å². The normalized spacial score (nSPS) is 11.4. The fourth-order valence-electron chi connectivity index (χ4n) is 2.18. The number of nitrogens with zero attached hydrogens (tertiary/aromatic N) is 4. The van der Waals surface area contributed by atoms with E-state index in [9.17, 15) is 13.2 Å². The van der Waals surface area contributed by atoms with Crippen LogP contribution in [0.4, 0.5) is 0 Å². The number of rotatable bonds is 6. The molecule has 0 aliphatic rings. The molecule has 130 valence electrons. The van der Waals surface area contributed by atoms with Crippen LogP contribution in [0.3, 0.4) is 0 Å². The molecule has 0 unspecified atom stereocenters. The van der Waals surface area contributed by atoms with Crippen LogP contribution in [0.15, 0.2) is 47.5 Å². The summed E-state index contributed by atoms with van der Waals surface area (Å²) >= 11 is 0. The predicted octanol–water partition coefficient (Wildman–Crippen LogP) is 0.337. The summed E-state index contributed by atoms with van der Waals surface area (Å²) < 4.78 is 30.9. The first kappa shape index (κ1) is 16.8. The van der Waals surface area contributed by atoms with E-state index >= 15 is 0 Å². The molecular weight excluding hydrogens is 346 g/mol. The highest BCUT2D eigenvalue weighted by atomic mass is 32.2. The molecular formula is C15H15N5O4S. The molecule has 10 heteroatoms. The number of aromatic nitrogens is 4. The molecule has 2 aromatic heterocycles. The summed E-state index contributed by atoms with van der Waals surface area (Å²) in [6, 6.07) is 9.27. The molecule has 3 rings (SSSR count). The number of hydrogen-bond acceptors (Lipinski definition) is 7. The number of pyridine rings is 1. The van der Waals surface area contributed by atoms with E-state index in [0.29, 0.717) is 17.0 Å². The Morgan fingerprint density at radius 3 is 2.68 bits per heavy atom. The minimum absolute atomic E-state index is 0.0131. The maximum Gasteiger partial charge on any atom is 0.252 e. The van der Waals surface area contributed by atoms with Gasteiger partial charge in [-0.1, -0.05) is 0 Å². The van der Waals surface area contributed by atoms with E-state index in [4.69, 9.17) is 4.74 Å². The first-order valence-corrected chi connectivity index (χ1v) is 8.97. The molecule has 1 aromatic carbocycles. The second-order valence-electron chi connectivity index (χ2n) is 5.15. The summed E-state index contributed by atoms with van der Waals surface area (Å²) in [6.45, 7) is -0.0131. The standard InChI is InChI=1S/C15H15N5O4S/c1-24-12-3-5-13(6-4-12)25(22,23)9-8-16-15(21)11-2-7-14-17-18-19-20(14)10-11/h2-7,10H,8-9H2,1H3,(H,16,21). The van der Waals surface area contributed by atoms with Gasteiger partial charge in [-0.05, 0) is 46.8 Å². The molecule has 0 saturated heterocycles. The average Bonchev–Trinajstić information content (AvgIpc) is 3.09. The Labute approximate surface area is 143 Å². The van der Waals surface area contributed by atoms with Crippen LogP contribution >= 0.6 is 0 Å². The number of benzene rings is 1. The van der Waals surface area contributed by atoms with Crippen molar-refractivity contribution < 1.29 is 17.9 Å². The van der Waals surface area contributed by atoms with Crippen LogP contribution in [0.5, 0.6) is 5.75 Å². The lowest BCUT2D eigenvalue weighted by atomic mass is 10.2. The van der Waals surface area contributed by atoms with Gasteiger partial charge in [-0.15, -0.1) is 5.10 Å². The molecule has 0 aliphatic carbocycles. The Morgan fingerprint density at radius 1 is 1.20 bits per heavy atom. The zero-order valence-electron chi connectivity index (χ0n) is 13.3. The third-order valence-corrected chi connectivity index (χ3v) is 5.26. The van der Waals surface area contributed by atoms with E-state index in [1.54, 1.807) is 24.3 Å².